The first-order valence-electron chi connectivity index (χ1n) is 10.9. The maximum atomic E-state index is 14.2. The molecule has 0 saturated heterocycles. The summed E-state index contributed by atoms with van der Waals surface area (Å²) < 4.78 is 44.3. The highest BCUT2D eigenvalue weighted by atomic mass is 32.2. The average molecular weight is 481 g/mol. The first-order chi connectivity index (χ1) is 16.3. The summed E-state index contributed by atoms with van der Waals surface area (Å²) in [5.41, 5.74) is 2.59. The van der Waals surface area contributed by atoms with Crippen LogP contribution >= 0.6 is 0 Å². The quantitative estimate of drug-likeness (QED) is 0.385. The Morgan fingerprint density at radius 2 is 1.68 bits per heavy atom. The van der Waals surface area contributed by atoms with Gasteiger partial charge >= 0.3 is 0 Å². The van der Waals surface area contributed by atoms with E-state index in [0.717, 1.165) is 28.5 Å². The van der Waals surface area contributed by atoms with Crippen LogP contribution < -0.4 is 10.0 Å². The molecule has 0 fully saturated rings. The number of para-hydroxylation sites is 2. The molecule has 4 rings (SSSR count). The number of sulfonamides is 1. The third-order valence-corrected chi connectivity index (χ3v) is 7.01. The predicted molar refractivity (Wildman–Crippen MR) is 128 cm³/mol. The summed E-state index contributed by atoms with van der Waals surface area (Å²) in [5.74, 6) is -0.557. The highest BCUT2D eigenvalue weighted by Crippen LogP contribution is 2.16. The van der Waals surface area contributed by atoms with Crippen molar-refractivity contribution in [1.82, 2.24) is 19.6 Å². The molecule has 1 atom stereocenters. The van der Waals surface area contributed by atoms with Crippen LogP contribution in [0.1, 0.15) is 11.4 Å². The van der Waals surface area contributed by atoms with Crippen molar-refractivity contribution in [1.29, 1.82) is 0 Å². The number of nitrogens with one attached hydrogen (secondary N) is 2. The number of halogens is 1. The smallest absolute Gasteiger partial charge is 0.244 e. The van der Waals surface area contributed by atoms with Crippen LogP contribution in [0, 0.1) is 12.7 Å². The lowest BCUT2D eigenvalue weighted by Crippen LogP contribution is -2.48. The monoisotopic (exact) mass is 480 g/mol. The average Bonchev–Trinajstić information content (AvgIpc) is 3.14. The minimum absolute atomic E-state index is 0.118. The van der Waals surface area contributed by atoms with Crippen molar-refractivity contribution in [3.8, 4) is 0 Å². The second-order valence-electron chi connectivity index (χ2n) is 7.88. The zero-order chi connectivity index (χ0) is 24.1. The number of aryl methyl sites for hydroxylation is 1. The van der Waals surface area contributed by atoms with Crippen LogP contribution in [-0.4, -0.2) is 36.5 Å². The second-order valence-corrected chi connectivity index (χ2v) is 9.57. The molecule has 34 heavy (non-hydrogen) atoms. The molecule has 1 unspecified atom stereocenters. The summed E-state index contributed by atoms with van der Waals surface area (Å²) in [4.78, 5) is 17.1. The maximum Gasteiger partial charge on any atom is 0.244 e. The van der Waals surface area contributed by atoms with Crippen molar-refractivity contribution in [3.05, 3.63) is 96.1 Å². The van der Waals surface area contributed by atoms with E-state index in [2.05, 4.69) is 15.0 Å². The van der Waals surface area contributed by atoms with Gasteiger partial charge in [0.25, 0.3) is 0 Å². The van der Waals surface area contributed by atoms with Crippen molar-refractivity contribution < 1.29 is 17.6 Å². The van der Waals surface area contributed by atoms with E-state index in [1.807, 2.05) is 54.0 Å². The number of hydrogen-bond acceptors (Lipinski definition) is 4. The van der Waals surface area contributed by atoms with E-state index in [0.29, 0.717) is 6.54 Å². The van der Waals surface area contributed by atoms with Crippen molar-refractivity contribution in [3.63, 3.8) is 0 Å². The standard InChI is InChI=1S/C25H25FN4O3S/c1-18-28-21-12-6-7-13-23(21)30(18)16-15-27-25(31)22(17-19-9-3-2-4-10-19)29-34(32,33)24-14-8-5-11-20(24)26/h2-14,22,29H,15-17H2,1H3,(H,27,31). The first-order valence-corrected chi connectivity index (χ1v) is 12.3. The summed E-state index contributed by atoms with van der Waals surface area (Å²) in [7, 11) is -4.26. The first kappa shape index (κ1) is 23.6. The molecule has 1 amide bonds. The zero-order valence-corrected chi connectivity index (χ0v) is 19.4. The van der Waals surface area contributed by atoms with Gasteiger partial charge in [-0.15, -0.1) is 0 Å². The molecule has 0 aliphatic carbocycles. The molecule has 0 spiro atoms. The van der Waals surface area contributed by atoms with Gasteiger partial charge in [-0.1, -0.05) is 54.6 Å². The normalized spacial score (nSPS) is 12.5. The molecule has 2 N–H and O–H groups in total. The SMILES string of the molecule is Cc1nc2ccccc2n1CCNC(=O)C(Cc1ccccc1)NS(=O)(=O)c1ccccc1F. The van der Waals surface area contributed by atoms with Gasteiger partial charge in [-0.05, 0) is 43.2 Å². The van der Waals surface area contributed by atoms with Crippen molar-refractivity contribution >= 4 is 27.0 Å². The topological polar surface area (TPSA) is 93.1 Å². The lowest BCUT2D eigenvalue weighted by atomic mass is 10.1. The van der Waals surface area contributed by atoms with Gasteiger partial charge in [0, 0.05) is 13.1 Å². The van der Waals surface area contributed by atoms with Crippen molar-refractivity contribution in [2.45, 2.75) is 30.8 Å². The van der Waals surface area contributed by atoms with Crippen LogP contribution in [0.4, 0.5) is 4.39 Å². The molecule has 3 aromatic carbocycles. The Morgan fingerprint density at radius 3 is 2.44 bits per heavy atom. The Hall–Kier alpha value is -3.56. The lowest BCUT2D eigenvalue weighted by molar-refractivity contribution is -0.122. The Labute approximate surface area is 197 Å². The number of carbonyl (C=O) groups excluding carboxylic acids is 1. The fraction of sp³-hybridized carbons (Fsp3) is 0.200. The number of carbonyl (C=O) groups is 1. The second kappa shape index (κ2) is 10.1. The van der Waals surface area contributed by atoms with E-state index in [1.165, 1.54) is 18.2 Å². The number of nitrogens with zero attached hydrogens (tertiary/aromatic N) is 2. The van der Waals surface area contributed by atoms with Gasteiger partial charge in [-0.2, -0.15) is 4.72 Å². The van der Waals surface area contributed by atoms with E-state index in [9.17, 15) is 17.6 Å². The molecule has 1 aromatic heterocycles. The van der Waals surface area contributed by atoms with E-state index >= 15 is 0 Å². The number of benzene rings is 3. The summed E-state index contributed by atoms with van der Waals surface area (Å²) >= 11 is 0. The van der Waals surface area contributed by atoms with Crippen LogP contribution in [0.2, 0.25) is 0 Å². The Bertz CT molecular complexity index is 1400. The van der Waals surface area contributed by atoms with E-state index in [-0.39, 0.29) is 13.0 Å². The van der Waals surface area contributed by atoms with Gasteiger partial charge in [0.15, 0.2) is 0 Å². The number of rotatable bonds is 9. The third-order valence-electron chi connectivity index (χ3n) is 5.50. The lowest BCUT2D eigenvalue weighted by Gasteiger charge is -2.19. The minimum atomic E-state index is -4.26. The molecule has 1 heterocycles. The van der Waals surface area contributed by atoms with Gasteiger partial charge in [0.05, 0.1) is 11.0 Å². The fourth-order valence-corrected chi connectivity index (χ4v) is 5.12. The Morgan fingerprint density at radius 1 is 1.00 bits per heavy atom. The van der Waals surface area contributed by atoms with Gasteiger partial charge in [-0.25, -0.2) is 17.8 Å². The Kier molecular flexibility index (Phi) is 7.04. The van der Waals surface area contributed by atoms with Crippen molar-refractivity contribution in [2.75, 3.05) is 6.54 Å². The maximum absolute atomic E-state index is 14.2. The summed E-state index contributed by atoms with van der Waals surface area (Å²) in [6.45, 7) is 2.63. The molecule has 0 bridgehead atoms. The summed E-state index contributed by atoms with van der Waals surface area (Å²) in [5, 5.41) is 2.81. The molecular formula is C25H25FN4O3S. The van der Waals surface area contributed by atoms with E-state index in [1.54, 1.807) is 12.1 Å². The molecule has 176 valence electrons. The molecule has 7 nitrogen and oxygen atoms in total. The number of amides is 1. The molecule has 9 heteroatoms. The highest BCUT2D eigenvalue weighted by molar-refractivity contribution is 7.89. The van der Waals surface area contributed by atoms with Crippen LogP contribution in [0.5, 0.6) is 0 Å². The summed E-state index contributed by atoms with van der Waals surface area (Å²) in [6, 6.07) is 20.7. The summed E-state index contributed by atoms with van der Waals surface area (Å²) in [6.07, 6.45) is 0.118. The van der Waals surface area contributed by atoms with Gasteiger partial charge < -0.3 is 9.88 Å². The van der Waals surface area contributed by atoms with Gasteiger partial charge in [-0.3, -0.25) is 4.79 Å². The number of aromatic nitrogens is 2. The molecule has 4 aromatic rings. The molecule has 0 radical (unpaired) electrons. The zero-order valence-electron chi connectivity index (χ0n) is 18.6. The molecular weight excluding hydrogens is 455 g/mol. The molecule has 0 saturated carbocycles. The number of hydrogen-bond donors (Lipinski definition) is 2. The van der Waals surface area contributed by atoms with Crippen molar-refractivity contribution in [2.24, 2.45) is 0 Å². The molecule has 0 aliphatic heterocycles. The highest BCUT2D eigenvalue weighted by Gasteiger charge is 2.27. The van der Waals surface area contributed by atoms with Crippen LogP contribution in [0.25, 0.3) is 11.0 Å². The third kappa shape index (κ3) is 5.32. The van der Waals surface area contributed by atoms with Crippen LogP contribution in [0.3, 0.4) is 0 Å². The minimum Gasteiger partial charge on any atom is -0.353 e. The number of fused-ring (bicyclic) bond motifs is 1. The largest absolute Gasteiger partial charge is 0.353 e. The molecule has 0 aliphatic rings. The van der Waals surface area contributed by atoms with E-state index < -0.39 is 32.7 Å². The Balaban J connectivity index is 1.50. The van der Waals surface area contributed by atoms with Gasteiger partial charge in [0.1, 0.15) is 22.6 Å². The number of imidazole rings is 1. The van der Waals surface area contributed by atoms with Crippen LogP contribution in [-0.2, 0) is 27.8 Å². The van der Waals surface area contributed by atoms with Gasteiger partial charge in [0.2, 0.25) is 15.9 Å². The van der Waals surface area contributed by atoms with E-state index in [4.69, 9.17) is 0 Å². The predicted octanol–water partition coefficient (Wildman–Crippen LogP) is 3.19. The van der Waals surface area contributed by atoms with Crippen LogP contribution in [0.15, 0.2) is 83.8 Å². The fourth-order valence-electron chi connectivity index (χ4n) is 3.84.